The van der Waals surface area contributed by atoms with E-state index in [2.05, 4.69) is 47.1 Å². The molecule has 1 saturated carbocycles. The van der Waals surface area contributed by atoms with Gasteiger partial charge in [0.05, 0.1) is 24.6 Å². The Kier molecular flexibility index (Phi) is 8.08. The van der Waals surface area contributed by atoms with Crippen molar-refractivity contribution in [1.82, 2.24) is 9.78 Å². The number of carbonyl (C=O) groups is 1. The maximum Gasteiger partial charge on any atom is 0.310 e. The third kappa shape index (κ3) is 5.76. The minimum Gasteiger partial charge on any atom is -0.487 e. The van der Waals surface area contributed by atoms with Gasteiger partial charge in [0, 0.05) is 17.5 Å². The van der Waals surface area contributed by atoms with Gasteiger partial charge in [0.25, 0.3) is 0 Å². The van der Waals surface area contributed by atoms with Gasteiger partial charge in [0.2, 0.25) is 0 Å². The molecule has 0 unspecified atom stereocenters. The molecule has 5 rings (SSSR count). The molecule has 1 heterocycles. The lowest BCUT2D eigenvalue weighted by molar-refractivity contribution is -0.142. The minimum absolute atomic E-state index is 0.184. The summed E-state index contributed by atoms with van der Waals surface area (Å²) in [7, 11) is 0. The predicted octanol–water partition coefficient (Wildman–Crippen LogP) is 6.66. The Bertz CT molecular complexity index is 1420. The van der Waals surface area contributed by atoms with Crippen LogP contribution in [-0.2, 0) is 29.1 Å². The van der Waals surface area contributed by atoms with Gasteiger partial charge in [-0.25, -0.2) is 0 Å². The molecule has 3 aromatic carbocycles. The molecule has 2 N–H and O–H groups in total. The van der Waals surface area contributed by atoms with Crippen molar-refractivity contribution in [3.05, 3.63) is 83.0 Å². The lowest BCUT2D eigenvalue weighted by Gasteiger charge is -2.22. The predicted molar refractivity (Wildman–Crippen MR) is 151 cm³/mol. The monoisotopic (exact) mass is 511 g/mol. The quantitative estimate of drug-likeness (QED) is 0.254. The van der Waals surface area contributed by atoms with E-state index in [9.17, 15) is 4.79 Å². The summed E-state index contributed by atoms with van der Waals surface area (Å²) in [6, 6.07) is 21.3. The molecule has 4 aromatic rings. The van der Waals surface area contributed by atoms with Crippen molar-refractivity contribution in [3.8, 4) is 16.9 Å². The van der Waals surface area contributed by atoms with Crippen LogP contribution in [0.2, 0.25) is 0 Å². The molecule has 198 valence electrons. The Morgan fingerprint density at radius 3 is 2.63 bits per heavy atom. The van der Waals surface area contributed by atoms with Crippen LogP contribution in [0.4, 0.5) is 0 Å². The van der Waals surface area contributed by atoms with Crippen LogP contribution in [-0.4, -0.2) is 22.4 Å². The third-order valence-electron chi connectivity index (χ3n) is 7.42. The van der Waals surface area contributed by atoms with Crippen LogP contribution in [0.15, 0.2) is 60.7 Å². The molecule has 1 aliphatic rings. The highest BCUT2D eigenvalue weighted by Gasteiger charge is 2.21. The third-order valence-corrected chi connectivity index (χ3v) is 7.42. The normalized spacial score (nSPS) is 14.1. The highest BCUT2D eigenvalue weighted by molar-refractivity contribution is 5.87. The number of benzene rings is 3. The van der Waals surface area contributed by atoms with E-state index < -0.39 is 0 Å². The van der Waals surface area contributed by atoms with E-state index in [0.717, 1.165) is 57.3 Å². The Morgan fingerprint density at radius 1 is 1.03 bits per heavy atom. The van der Waals surface area contributed by atoms with Crippen LogP contribution in [0.25, 0.3) is 22.0 Å². The summed E-state index contributed by atoms with van der Waals surface area (Å²) < 4.78 is 13.8. The molecular formula is C32H37N3O3. The summed E-state index contributed by atoms with van der Waals surface area (Å²) in [6.07, 6.45) is 6.26. The first-order chi connectivity index (χ1) is 18.6. The fourth-order valence-electron chi connectivity index (χ4n) is 5.47. The fourth-order valence-corrected chi connectivity index (χ4v) is 5.47. The molecule has 1 aromatic heterocycles. The second kappa shape index (κ2) is 11.8. The number of carbonyl (C=O) groups excluding carboxylic acids is 1. The maximum atomic E-state index is 12.2. The summed E-state index contributed by atoms with van der Waals surface area (Å²) in [6.45, 7) is 5.03. The zero-order chi connectivity index (χ0) is 26.5. The number of nitrogens with zero attached hydrogens (tertiary/aromatic N) is 2. The zero-order valence-electron chi connectivity index (χ0n) is 22.4. The Balaban J connectivity index is 1.50. The summed E-state index contributed by atoms with van der Waals surface area (Å²) in [5, 5.41) is 6.22. The first kappa shape index (κ1) is 26.0. The van der Waals surface area contributed by atoms with Crippen molar-refractivity contribution in [2.24, 2.45) is 5.73 Å². The largest absolute Gasteiger partial charge is 0.487 e. The van der Waals surface area contributed by atoms with E-state index >= 15 is 0 Å². The van der Waals surface area contributed by atoms with Crippen molar-refractivity contribution < 1.29 is 14.3 Å². The molecule has 0 aliphatic heterocycles. The van der Waals surface area contributed by atoms with Crippen molar-refractivity contribution in [2.75, 3.05) is 6.61 Å². The SMILES string of the molecule is CCOC(=O)Cc1cc(C)ccc1OCc1nn(C2CCCCC2)c2ccc(-c3cccc(CN)c3)cc12. The number of aryl methyl sites for hydroxylation is 1. The second-order valence-electron chi connectivity index (χ2n) is 10.2. The molecule has 1 aliphatic carbocycles. The van der Waals surface area contributed by atoms with E-state index in [1.807, 2.05) is 32.0 Å². The van der Waals surface area contributed by atoms with Gasteiger partial charge in [-0.15, -0.1) is 0 Å². The standard InChI is InChI=1S/C32H37N3O3/c1-3-37-32(36)19-26-16-22(2)12-15-31(26)38-21-29-28-18-25(24-9-7-8-23(17-24)20-33)13-14-30(28)35(34-29)27-10-5-4-6-11-27/h7-9,12-18,27H,3-6,10-11,19-21,33H2,1-2H3. The maximum absolute atomic E-state index is 12.2. The van der Waals surface area contributed by atoms with E-state index in [4.69, 9.17) is 20.3 Å². The first-order valence-electron chi connectivity index (χ1n) is 13.7. The van der Waals surface area contributed by atoms with Gasteiger partial charge in [0.15, 0.2) is 0 Å². The van der Waals surface area contributed by atoms with Crippen molar-refractivity contribution in [1.29, 1.82) is 0 Å². The fraction of sp³-hybridized carbons (Fsp3) is 0.375. The molecule has 0 radical (unpaired) electrons. The summed E-state index contributed by atoms with van der Waals surface area (Å²) in [5.74, 6) is 0.440. The van der Waals surface area contributed by atoms with Crippen LogP contribution in [0.5, 0.6) is 5.75 Å². The van der Waals surface area contributed by atoms with Crippen LogP contribution < -0.4 is 10.5 Å². The van der Waals surface area contributed by atoms with Crippen molar-refractivity contribution in [2.45, 2.75) is 71.6 Å². The molecule has 0 spiro atoms. The second-order valence-corrected chi connectivity index (χ2v) is 10.2. The molecular weight excluding hydrogens is 474 g/mol. The van der Waals surface area contributed by atoms with Gasteiger partial charge in [-0.1, -0.05) is 61.2 Å². The smallest absolute Gasteiger partial charge is 0.310 e. The number of aromatic nitrogens is 2. The van der Waals surface area contributed by atoms with E-state index in [1.165, 1.54) is 19.3 Å². The number of fused-ring (bicyclic) bond motifs is 1. The van der Waals surface area contributed by atoms with Crippen LogP contribution in [0.3, 0.4) is 0 Å². The molecule has 1 fully saturated rings. The number of rotatable bonds is 9. The minimum atomic E-state index is -0.251. The number of ether oxygens (including phenoxy) is 2. The molecule has 0 bridgehead atoms. The Morgan fingerprint density at radius 2 is 1.84 bits per heavy atom. The van der Waals surface area contributed by atoms with Gasteiger partial charge < -0.3 is 15.2 Å². The van der Waals surface area contributed by atoms with Gasteiger partial charge in [-0.05, 0) is 67.6 Å². The highest BCUT2D eigenvalue weighted by Crippen LogP contribution is 2.34. The number of hydrogen-bond acceptors (Lipinski definition) is 5. The molecule has 6 nitrogen and oxygen atoms in total. The molecule has 0 saturated heterocycles. The summed E-state index contributed by atoms with van der Waals surface area (Å²) in [5.41, 5.74) is 13.2. The van der Waals surface area contributed by atoms with Crippen LogP contribution in [0.1, 0.15) is 67.5 Å². The van der Waals surface area contributed by atoms with Crippen LogP contribution in [0, 0.1) is 6.92 Å². The average Bonchev–Trinajstić information content (AvgIpc) is 3.31. The van der Waals surface area contributed by atoms with E-state index in [-0.39, 0.29) is 12.4 Å². The van der Waals surface area contributed by atoms with Gasteiger partial charge in [-0.3, -0.25) is 9.48 Å². The van der Waals surface area contributed by atoms with Gasteiger partial charge in [-0.2, -0.15) is 5.10 Å². The Hall–Kier alpha value is -3.64. The first-order valence-corrected chi connectivity index (χ1v) is 13.7. The average molecular weight is 512 g/mol. The number of esters is 1. The number of hydrogen-bond donors (Lipinski definition) is 1. The van der Waals surface area contributed by atoms with Crippen LogP contribution >= 0.6 is 0 Å². The number of nitrogens with two attached hydrogens (primary N) is 1. The van der Waals surface area contributed by atoms with Gasteiger partial charge >= 0.3 is 5.97 Å². The summed E-state index contributed by atoms with van der Waals surface area (Å²) in [4.78, 5) is 12.2. The van der Waals surface area contributed by atoms with Crippen molar-refractivity contribution in [3.63, 3.8) is 0 Å². The molecule has 6 heteroatoms. The summed E-state index contributed by atoms with van der Waals surface area (Å²) >= 11 is 0. The lowest BCUT2D eigenvalue weighted by atomic mass is 9.95. The topological polar surface area (TPSA) is 79.4 Å². The molecule has 38 heavy (non-hydrogen) atoms. The van der Waals surface area contributed by atoms with E-state index in [1.54, 1.807) is 0 Å². The lowest BCUT2D eigenvalue weighted by Crippen LogP contribution is -2.14. The molecule has 0 atom stereocenters. The van der Waals surface area contributed by atoms with Gasteiger partial charge in [0.1, 0.15) is 18.1 Å². The zero-order valence-corrected chi connectivity index (χ0v) is 22.4. The Labute approximate surface area is 224 Å². The van der Waals surface area contributed by atoms with E-state index in [0.29, 0.717) is 31.5 Å². The van der Waals surface area contributed by atoms with Crippen molar-refractivity contribution >= 4 is 16.9 Å². The highest BCUT2D eigenvalue weighted by atomic mass is 16.5. The molecule has 0 amide bonds.